The first-order valence-corrected chi connectivity index (χ1v) is 6.30. The van der Waals surface area contributed by atoms with Gasteiger partial charge in [-0.2, -0.15) is 5.26 Å². The number of thioether (sulfide) groups is 1. The van der Waals surface area contributed by atoms with Gasteiger partial charge in [0.2, 0.25) is 0 Å². The minimum atomic E-state index is -0.837. The van der Waals surface area contributed by atoms with E-state index in [-0.39, 0.29) is 0 Å². The van der Waals surface area contributed by atoms with Gasteiger partial charge in [0, 0.05) is 10.6 Å². The number of carbonyl (C=O) groups is 1. The topological polar surface area (TPSA) is 61.1 Å². The molecule has 0 aromatic heterocycles. The Hall–Kier alpha value is -0.600. The van der Waals surface area contributed by atoms with Gasteiger partial charge in [0.1, 0.15) is 5.25 Å². The number of carboxylic acids is 1. The maximum Gasteiger partial charge on any atom is 0.316 e. The van der Waals surface area contributed by atoms with Gasteiger partial charge in [0.25, 0.3) is 0 Å². The highest BCUT2D eigenvalue weighted by molar-refractivity contribution is 8.01. The molecule has 3 nitrogen and oxygen atoms in total. The first-order chi connectivity index (χ1) is 7.05. The van der Waals surface area contributed by atoms with Crippen LogP contribution in [0.5, 0.6) is 0 Å². The van der Waals surface area contributed by atoms with Crippen LogP contribution in [0.25, 0.3) is 0 Å². The van der Waals surface area contributed by atoms with E-state index in [4.69, 9.17) is 22.6 Å². The largest absolute Gasteiger partial charge is 0.480 e. The van der Waals surface area contributed by atoms with Crippen molar-refractivity contribution in [2.75, 3.05) is 5.75 Å². The zero-order chi connectivity index (χ0) is 11.5. The molecular formula is C10H13NO2S2. The molecule has 15 heavy (non-hydrogen) atoms. The summed E-state index contributed by atoms with van der Waals surface area (Å²) in [4.78, 5) is 11.5. The highest BCUT2D eigenvalue weighted by Crippen LogP contribution is 2.43. The molecule has 5 heteroatoms. The molecule has 1 aliphatic heterocycles. The van der Waals surface area contributed by atoms with Crippen molar-refractivity contribution in [1.82, 2.24) is 0 Å². The third-order valence-corrected chi connectivity index (χ3v) is 4.59. The van der Waals surface area contributed by atoms with Crippen LogP contribution in [0.3, 0.4) is 0 Å². The van der Waals surface area contributed by atoms with Gasteiger partial charge < -0.3 is 5.11 Å². The van der Waals surface area contributed by atoms with Gasteiger partial charge in [0.15, 0.2) is 0 Å². The van der Waals surface area contributed by atoms with Crippen LogP contribution in [0.2, 0.25) is 0 Å². The Bertz CT molecular complexity index is 324. The highest BCUT2D eigenvalue weighted by Gasteiger charge is 2.45. The molecule has 1 fully saturated rings. The molecule has 1 saturated heterocycles. The number of hydrogen-bond acceptors (Lipinski definition) is 4. The summed E-state index contributed by atoms with van der Waals surface area (Å²) in [5.74, 6) is -0.310. The zero-order valence-corrected chi connectivity index (χ0v) is 10.2. The van der Waals surface area contributed by atoms with Crippen LogP contribution in [0.4, 0.5) is 0 Å². The Labute approximate surface area is 98.8 Å². The molecule has 2 atom stereocenters. The summed E-state index contributed by atoms with van der Waals surface area (Å²) < 4.78 is 0. The van der Waals surface area contributed by atoms with E-state index in [1.807, 2.05) is 6.92 Å². The van der Waals surface area contributed by atoms with Gasteiger partial charge in [0.05, 0.1) is 11.5 Å². The second kappa shape index (κ2) is 4.95. The molecule has 82 valence electrons. The van der Waals surface area contributed by atoms with E-state index in [2.05, 4.69) is 6.07 Å². The summed E-state index contributed by atoms with van der Waals surface area (Å²) in [7, 11) is 0. The summed E-state index contributed by atoms with van der Waals surface area (Å²) >= 11 is 6.56. The SMILES string of the molecule is CCCC(=S)C1(C#N)CSC(C(=O)O)C1. The minimum Gasteiger partial charge on any atom is -0.480 e. The lowest BCUT2D eigenvalue weighted by Crippen LogP contribution is -2.29. The third-order valence-electron chi connectivity index (χ3n) is 2.57. The Morgan fingerprint density at radius 2 is 2.47 bits per heavy atom. The Balaban J connectivity index is 2.78. The zero-order valence-electron chi connectivity index (χ0n) is 8.52. The Kier molecular flexibility index (Phi) is 4.12. The minimum absolute atomic E-state index is 0.363. The van der Waals surface area contributed by atoms with Gasteiger partial charge in [-0.1, -0.05) is 25.6 Å². The number of carboxylic acid groups (broad SMARTS) is 1. The highest BCUT2D eigenvalue weighted by atomic mass is 32.2. The van der Waals surface area contributed by atoms with Crippen LogP contribution in [0.15, 0.2) is 0 Å². The van der Waals surface area contributed by atoms with Crippen molar-refractivity contribution in [3.63, 3.8) is 0 Å². The van der Waals surface area contributed by atoms with Crippen LogP contribution >= 0.6 is 24.0 Å². The smallest absolute Gasteiger partial charge is 0.316 e. The number of nitriles is 1. The van der Waals surface area contributed by atoms with Crippen molar-refractivity contribution in [2.24, 2.45) is 5.41 Å². The predicted octanol–water partition coefficient (Wildman–Crippen LogP) is 2.26. The van der Waals surface area contributed by atoms with Gasteiger partial charge in [-0.25, -0.2) is 0 Å². The van der Waals surface area contributed by atoms with Crippen molar-refractivity contribution < 1.29 is 9.90 Å². The molecular weight excluding hydrogens is 230 g/mol. The van der Waals surface area contributed by atoms with Crippen LogP contribution in [0, 0.1) is 16.7 Å². The van der Waals surface area contributed by atoms with Crippen LogP contribution in [-0.4, -0.2) is 26.9 Å². The Morgan fingerprint density at radius 3 is 2.87 bits per heavy atom. The molecule has 1 rings (SSSR count). The molecule has 1 heterocycles. The number of hydrogen-bond donors (Lipinski definition) is 1. The second-order valence-electron chi connectivity index (χ2n) is 3.71. The Morgan fingerprint density at radius 1 is 1.80 bits per heavy atom. The first-order valence-electron chi connectivity index (χ1n) is 4.84. The molecule has 1 aliphatic rings. The van der Waals surface area contributed by atoms with Crippen molar-refractivity contribution in [3.8, 4) is 6.07 Å². The lowest BCUT2D eigenvalue weighted by molar-refractivity contribution is -0.136. The average molecular weight is 243 g/mol. The lowest BCUT2D eigenvalue weighted by atomic mass is 9.82. The number of nitrogens with zero attached hydrogens (tertiary/aromatic N) is 1. The molecule has 0 spiro atoms. The van der Waals surface area contributed by atoms with Gasteiger partial charge >= 0.3 is 5.97 Å². The van der Waals surface area contributed by atoms with Crippen molar-refractivity contribution >= 4 is 34.8 Å². The average Bonchev–Trinajstić information content (AvgIpc) is 2.63. The van der Waals surface area contributed by atoms with Crippen molar-refractivity contribution in [3.05, 3.63) is 0 Å². The molecule has 0 amide bonds. The quantitative estimate of drug-likeness (QED) is 0.767. The monoisotopic (exact) mass is 243 g/mol. The van der Waals surface area contributed by atoms with Crippen molar-refractivity contribution in [1.29, 1.82) is 5.26 Å². The number of aliphatic carboxylic acids is 1. The maximum absolute atomic E-state index is 10.8. The summed E-state index contributed by atoms with van der Waals surface area (Å²) in [6.45, 7) is 2.01. The summed E-state index contributed by atoms with van der Waals surface area (Å²) in [6.07, 6.45) is 2.00. The van der Waals surface area contributed by atoms with E-state index in [0.717, 1.165) is 17.7 Å². The van der Waals surface area contributed by atoms with Crippen LogP contribution < -0.4 is 0 Å². The van der Waals surface area contributed by atoms with Crippen molar-refractivity contribution in [2.45, 2.75) is 31.4 Å². The standard InChI is InChI=1S/C10H13NO2S2/c1-2-3-8(14)10(5-11)4-7(9(12)13)15-6-10/h7H,2-4,6H2,1H3,(H,12,13). The first kappa shape index (κ1) is 12.5. The third kappa shape index (κ3) is 2.50. The van der Waals surface area contributed by atoms with Gasteiger partial charge in [-0.15, -0.1) is 11.8 Å². The van der Waals surface area contributed by atoms with Crippen LogP contribution in [-0.2, 0) is 4.79 Å². The fourth-order valence-corrected chi connectivity index (χ4v) is 3.52. The fraction of sp³-hybridized carbons (Fsp3) is 0.700. The van der Waals surface area contributed by atoms with Gasteiger partial charge in [-0.3, -0.25) is 4.79 Å². The summed E-state index contributed by atoms with van der Waals surface area (Å²) in [6, 6.07) is 2.22. The van der Waals surface area contributed by atoms with E-state index in [1.54, 1.807) is 0 Å². The second-order valence-corrected chi connectivity index (χ2v) is 5.39. The molecule has 0 bridgehead atoms. The van der Waals surface area contributed by atoms with Crippen LogP contribution in [0.1, 0.15) is 26.2 Å². The maximum atomic E-state index is 10.8. The van der Waals surface area contributed by atoms with E-state index in [1.165, 1.54) is 11.8 Å². The number of rotatable bonds is 4. The molecule has 0 saturated carbocycles. The summed E-state index contributed by atoms with van der Waals surface area (Å²) in [5.41, 5.74) is -0.681. The summed E-state index contributed by atoms with van der Waals surface area (Å²) in [5, 5.41) is 17.6. The van der Waals surface area contributed by atoms with E-state index < -0.39 is 16.6 Å². The predicted molar refractivity (Wildman–Crippen MR) is 64.1 cm³/mol. The normalized spacial score (nSPS) is 29.7. The molecule has 0 radical (unpaired) electrons. The molecule has 0 aromatic rings. The van der Waals surface area contributed by atoms with E-state index in [0.29, 0.717) is 12.2 Å². The molecule has 0 aromatic carbocycles. The van der Waals surface area contributed by atoms with E-state index in [9.17, 15) is 4.79 Å². The van der Waals surface area contributed by atoms with E-state index >= 15 is 0 Å². The molecule has 2 unspecified atom stereocenters. The molecule has 0 aliphatic carbocycles. The fourth-order valence-electron chi connectivity index (χ4n) is 1.64. The number of thiocarbonyl (C=S) groups is 1. The lowest BCUT2D eigenvalue weighted by Gasteiger charge is -2.20. The van der Waals surface area contributed by atoms with Gasteiger partial charge in [-0.05, 0) is 12.8 Å². The molecule has 1 N–H and O–H groups in total.